The summed E-state index contributed by atoms with van der Waals surface area (Å²) in [6.07, 6.45) is 3.11. The molecule has 0 aliphatic carbocycles. The number of carbonyl (C=O) groups is 2. The molecule has 2 aromatic heterocycles. The number of hydrogen-bond acceptors (Lipinski definition) is 7. The summed E-state index contributed by atoms with van der Waals surface area (Å²) in [6.45, 7) is 1.76. The smallest absolute Gasteiger partial charge is 0.276 e. The number of aryl methyl sites for hydroxylation is 1. The van der Waals surface area contributed by atoms with Gasteiger partial charge in [-0.15, -0.1) is 0 Å². The van der Waals surface area contributed by atoms with Crippen LogP contribution in [0, 0.1) is 6.92 Å². The first-order chi connectivity index (χ1) is 15.6. The van der Waals surface area contributed by atoms with Gasteiger partial charge in [0, 0.05) is 0 Å². The zero-order chi connectivity index (χ0) is 22.3. The van der Waals surface area contributed by atoms with Crippen molar-refractivity contribution in [1.29, 1.82) is 0 Å². The largest absolute Gasteiger partial charge is 0.484 e. The van der Waals surface area contributed by atoms with Crippen LogP contribution in [-0.4, -0.2) is 43.9 Å². The Labute approximate surface area is 188 Å². The molecule has 4 rings (SSSR count). The maximum absolute atomic E-state index is 12.1. The predicted molar refractivity (Wildman–Crippen MR) is 120 cm³/mol. The summed E-state index contributed by atoms with van der Waals surface area (Å²) in [5, 5.41) is 5.76. The number of nitrogens with zero attached hydrogens (tertiary/aromatic N) is 4. The van der Waals surface area contributed by atoms with Gasteiger partial charge in [-0.25, -0.2) is 14.6 Å². The van der Waals surface area contributed by atoms with Gasteiger partial charge in [0.25, 0.3) is 5.91 Å². The Morgan fingerprint density at radius 1 is 1.00 bits per heavy atom. The predicted octanol–water partition coefficient (Wildman–Crippen LogP) is 2.44. The van der Waals surface area contributed by atoms with Gasteiger partial charge in [-0.05, 0) is 31.2 Å². The van der Waals surface area contributed by atoms with E-state index in [9.17, 15) is 9.59 Å². The third-order valence-electron chi connectivity index (χ3n) is 4.40. The zero-order valence-electron chi connectivity index (χ0n) is 17.2. The van der Waals surface area contributed by atoms with Crippen molar-refractivity contribution in [1.82, 2.24) is 30.6 Å². The molecule has 0 bridgehead atoms. The number of amides is 2. The number of ether oxygens (including phenoxy) is 1. The molecule has 0 fully saturated rings. The minimum atomic E-state index is -0.461. The molecule has 0 spiro atoms. The second-order valence-corrected chi connectivity index (χ2v) is 7.76. The van der Waals surface area contributed by atoms with Crippen LogP contribution in [0.4, 0.5) is 0 Å². The Kier molecular flexibility index (Phi) is 6.61. The highest BCUT2D eigenvalue weighted by Crippen LogP contribution is 2.25. The van der Waals surface area contributed by atoms with E-state index in [0.717, 1.165) is 16.6 Å². The second-order valence-electron chi connectivity index (χ2n) is 6.79. The summed E-state index contributed by atoms with van der Waals surface area (Å²) >= 11 is 1.23. The van der Waals surface area contributed by atoms with Crippen molar-refractivity contribution >= 4 is 34.6 Å². The standard InChI is InChI=1S/C22H20N6O3S/c1-15-7-9-17(10-8-15)31-12-19(29)26-27-20(30)13-32-22-18-11-25-28(21(18)23-14-24-22)16-5-3-2-4-6-16/h2-11,14H,12-13H2,1H3,(H,26,29)(H,27,30). The first-order valence-electron chi connectivity index (χ1n) is 9.74. The van der Waals surface area contributed by atoms with Gasteiger partial charge in [0.2, 0.25) is 5.91 Å². The van der Waals surface area contributed by atoms with E-state index < -0.39 is 5.91 Å². The molecule has 2 amide bonds. The monoisotopic (exact) mass is 448 g/mol. The molecule has 0 aliphatic heterocycles. The molecule has 9 nitrogen and oxygen atoms in total. The zero-order valence-corrected chi connectivity index (χ0v) is 18.0. The number of benzene rings is 2. The van der Waals surface area contributed by atoms with Gasteiger partial charge < -0.3 is 4.74 Å². The maximum atomic E-state index is 12.1. The van der Waals surface area contributed by atoms with Crippen LogP contribution in [0.1, 0.15) is 5.56 Å². The highest BCUT2D eigenvalue weighted by atomic mass is 32.2. The summed E-state index contributed by atoms with van der Waals surface area (Å²) in [5.41, 5.74) is 7.34. The van der Waals surface area contributed by atoms with Crippen LogP contribution in [0.15, 0.2) is 72.1 Å². The van der Waals surface area contributed by atoms with Crippen LogP contribution >= 0.6 is 11.8 Å². The van der Waals surface area contributed by atoms with Gasteiger partial charge in [0.15, 0.2) is 12.3 Å². The SMILES string of the molecule is Cc1ccc(OCC(=O)NNC(=O)CSc2ncnc3c2cnn3-c2ccccc2)cc1. The van der Waals surface area contributed by atoms with Crippen molar-refractivity contribution in [3.8, 4) is 11.4 Å². The van der Waals surface area contributed by atoms with Crippen molar-refractivity contribution in [2.45, 2.75) is 11.9 Å². The van der Waals surface area contributed by atoms with Crippen LogP contribution < -0.4 is 15.6 Å². The van der Waals surface area contributed by atoms with Crippen LogP contribution in [0.3, 0.4) is 0 Å². The van der Waals surface area contributed by atoms with Crippen LogP contribution in [0.5, 0.6) is 5.75 Å². The Morgan fingerprint density at radius 2 is 1.75 bits per heavy atom. The lowest BCUT2D eigenvalue weighted by Crippen LogP contribution is -2.44. The summed E-state index contributed by atoms with van der Waals surface area (Å²) in [6, 6.07) is 17.0. The summed E-state index contributed by atoms with van der Waals surface area (Å²) in [4.78, 5) is 32.6. The number of rotatable bonds is 7. The molecule has 0 aliphatic rings. The normalized spacial score (nSPS) is 10.7. The molecule has 162 valence electrons. The fraction of sp³-hybridized carbons (Fsp3) is 0.136. The second kappa shape index (κ2) is 9.92. The van der Waals surface area contributed by atoms with E-state index >= 15 is 0 Å². The Morgan fingerprint density at radius 3 is 2.53 bits per heavy atom. The van der Waals surface area contributed by atoms with Crippen LogP contribution in [0.25, 0.3) is 16.7 Å². The minimum absolute atomic E-state index is 0.0573. The number of hydrazine groups is 1. The van der Waals surface area contributed by atoms with Gasteiger partial charge in [0.05, 0.1) is 23.0 Å². The summed E-state index contributed by atoms with van der Waals surface area (Å²) in [7, 11) is 0. The number of para-hydroxylation sites is 1. The molecule has 2 N–H and O–H groups in total. The summed E-state index contributed by atoms with van der Waals surface area (Å²) in [5.74, 6) is -0.197. The topological polar surface area (TPSA) is 111 Å². The number of nitrogens with one attached hydrogen (secondary N) is 2. The van der Waals surface area contributed by atoms with Crippen molar-refractivity contribution in [2.75, 3.05) is 12.4 Å². The van der Waals surface area contributed by atoms with E-state index in [-0.39, 0.29) is 18.3 Å². The number of thioether (sulfide) groups is 1. The lowest BCUT2D eigenvalue weighted by Gasteiger charge is -2.09. The molecule has 4 aromatic rings. The van der Waals surface area contributed by atoms with Crippen LogP contribution in [-0.2, 0) is 9.59 Å². The molecule has 0 radical (unpaired) electrons. The lowest BCUT2D eigenvalue weighted by atomic mass is 10.2. The molecule has 2 heterocycles. The fourth-order valence-electron chi connectivity index (χ4n) is 2.82. The van der Waals surface area contributed by atoms with E-state index in [1.54, 1.807) is 23.0 Å². The molecule has 0 saturated carbocycles. The Hall–Kier alpha value is -3.92. The Balaban J connectivity index is 1.29. The first-order valence-corrected chi connectivity index (χ1v) is 10.7. The third-order valence-corrected chi connectivity index (χ3v) is 5.41. The minimum Gasteiger partial charge on any atom is -0.484 e. The Bertz CT molecular complexity index is 1230. The number of fused-ring (bicyclic) bond motifs is 1. The molecule has 0 saturated heterocycles. The van der Waals surface area contributed by atoms with Crippen molar-refractivity contribution < 1.29 is 14.3 Å². The molecule has 2 aromatic carbocycles. The van der Waals surface area contributed by atoms with E-state index in [2.05, 4.69) is 25.9 Å². The number of aromatic nitrogens is 4. The average Bonchev–Trinajstić information content (AvgIpc) is 3.26. The number of carbonyl (C=O) groups excluding carboxylic acids is 2. The van der Waals surface area contributed by atoms with E-state index in [4.69, 9.17) is 4.74 Å². The lowest BCUT2D eigenvalue weighted by molar-refractivity contribution is -0.128. The summed E-state index contributed by atoms with van der Waals surface area (Å²) < 4.78 is 7.09. The quantitative estimate of drug-likeness (QED) is 0.254. The highest BCUT2D eigenvalue weighted by molar-refractivity contribution is 8.00. The fourth-order valence-corrected chi connectivity index (χ4v) is 3.59. The van der Waals surface area contributed by atoms with E-state index in [0.29, 0.717) is 16.4 Å². The van der Waals surface area contributed by atoms with Crippen molar-refractivity contribution in [3.63, 3.8) is 0 Å². The van der Waals surface area contributed by atoms with Gasteiger partial charge in [0.1, 0.15) is 17.1 Å². The molecular formula is C22H20N6O3S. The maximum Gasteiger partial charge on any atom is 0.276 e. The van der Waals surface area contributed by atoms with E-state index in [1.165, 1.54) is 18.1 Å². The van der Waals surface area contributed by atoms with Crippen LogP contribution in [0.2, 0.25) is 0 Å². The third kappa shape index (κ3) is 5.22. The molecule has 0 unspecified atom stereocenters. The van der Waals surface area contributed by atoms with Gasteiger partial charge in [-0.1, -0.05) is 47.7 Å². The van der Waals surface area contributed by atoms with Crippen molar-refractivity contribution in [3.05, 3.63) is 72.7 Å². The van der Waals surface area contributed by atoms with Gasteiger partial charge >= 0.3 is 0 Å². The molecule has 10 heteroatoms. The van der Waals surface area contributed by atoms with Crippen molar-refractivity contribution in [2.24, 2.45) is 0 Å². The molecular weight excluding hydrogens is 428 g/mol. The number of hydrogen-bond donors (Lipinski definition) is 2. The molecule has 32 heavy (non-hydrogen) atoms. The van der Waals surface area contributed by atoms with E-state index in [1.807, 2.05) is 49.4 Å². The van der Waals surface area contributed by atoms with Gasteiger partial charge in [-0.3, -0.25) is 20.4 Å². The molecule has 0 atom stereocenters. The first kappa shape index (κ1) is 21.3. The van der Waals surface area contributed by atoms with Gasteiger partial charge in [-0.2, -0.15) is 5.10 Å². The average molecular weight is 449 g/mol. The highest BCUT2D eigenvalue weighted by Gasteiger charge is 2.13.